The molecule has 1 aliphatic heterocycles. The number of hydrogen-bond acceptors (Lipinski definition) is 5. The third-order valence-corrected chi connectivity index (χ3v) is 5.73. The van der Waals surface area contributed by atoms with E-state index in [1.165, 1.54) is 14.2 Å². The van der Waals surface area contributed by atoms with Crippen molar-refractivity contribution in [2.75, 3.05) is 27.3 Å². The lowest BCUT2D eigenvalue weighted by Gasteiger charge is -2.40. The Kier molecular flexibility index (Phi) is 5.76. The molecule has 1 saturated carbocycles. The van der Waals surface area contributed by atoms with Gasteiger partial charge in [-0.2, -0.15) is 0 Å². The zero-order chi connectivity index (χ0) is 20.3. The zero-order valence-electron chi connectivity index (χ0n) is 16.2. The number of nitrogens with zero attached hydrogens (tertiary/aromatic N) is 1. The van der Waals surface area contributed by atoms with Gasteiger partial charge in [-0.05, 0) is 44.2 Å². The number of piperidine rings is 1. The Labute approximate surface area is 163 Å². The molecular weight excluding hydrogens is 364 g/mol. The maximum Gasteiger partial charge on any atom is 0.329 e. The highest BCUT2D eigenvalue weighted by Crippen LogP contribution is 2.33. The minimum Gasteiger partial charge on any atom is -0.497 e. The highest BCUT2D eigenvalue weighted by molar-refractivity contribution is 5.95. The molecule has 0 aromatic heterocycles. The molecule has 2 fully saturated rings. The van der Waals surface area contributed by atoms with E-state index < -0.39 is 11.5 Å². The molecule has 0 radical (unpaired) electrons. The number of aliphatic carboxylic acids is 1. The average molecular weight is 390 g/mol. The van der Waals surface area contributed by atoms with E-state index in [-0.39, 0.29) is 17.7 Å². The Bertz CT molecular complexity index is 744. The van der Waals surface area contributed by atoms with Crippen LogP contribution >= 0.6 is 0 Å². The van der Waals surface area contributed by atoms with E-state index >= 15 is 0 Å². The summed E-state index contributed by atoms with van der Waals surface area (Å²) in [6, 6.07) is 5.03. The molecule has 0 unspecified atom stereocenters. The van der Waals surface area contributed by atoms with Crippen molar-refractivity contribution in [3.8, 4) is 11.5 Å². The van der Waals surface area contributed by atoms with Gasteiger partial charge in [0.1, 0.15) is 17.0 Å². The first-order chi connectivity index (χ1) is 13.4. The fourth-order valence-corrected chi connectivity index (χ4v) is 3.72. The summed E-state index contributed by atoms with van der Waals surface area (Å²) in [6.07, 6.45) is 2.78. The van der Waals surface area contributed by atoms with E-state index in [0.717, 1.165) is 6.42 Å². The zero-order valence-corrected chi connectivity index (χ0v) is 16.2. The highest BCUT2D eigenvalue weighted by atomic mass is 16.5. The summed E-state index contributed by atoms with van der Waals surface area (Å²) in [5, 5.41) is 12.1. The van der Waals surface area contributed by atoms with Crippen LogP contribution in [0.2, 0.25) is 0 Å². The van der Waals surface area contributed by atoms with Gasteiger partial charge in [0, 0.05) is 30.6 Å². The molecule has 1 aromatic rings. The van der Waals surface area contributed by atoms with Crippen LogP contribution in [0.3, 0.4) is 0 Å². The van der Waals surface area contributed by atoms with Crippen molar-refractivity contribution in [3.63, 3.8) is 0 Å². The number of benzene rings is 1. The van der Waals surface area contributed by atoms with Crippen LogP contribution in [-0.4, -0.2) is 60.6 Å². The molecule has 1 heterocycles. The number of carboxylic acids is 1. The molecule has 1 saturated heterocycles. The Hall–Kier alpha value is -2.77. The molecule has 0 atom stereocenters. The smallest absolute Gasteiger partial charge is 0.329 e. The molecule has 28 heavy (non-hydrogen) atoms. The lowest BCUT2D eigenvalue weighted by Crippen LogP contribution is -2.60. The molecule has 0 bridgehead atoms. The largest absolute Gasteiger partial charge is 0.497 e. The lowest BCUT2D eigenvalue weighted by atomic mass is 9.76. The molecule has 3 rings (SSSR count). The second-order valence-electron chi connectivity index (χ2n) is 7.40. The number of hydrogen-bond donors (Lipinski definition) is 2. The topological polar surface area (TPSA) is 105 Å². The van der Waals surface area contributed by atoms with E-state index in [4.69, 9.17) is 9.47 Å². The first-order valence-electron chi connectivity index (χ1n) is 9.46. The summed E-state index contributed by atoms with van der Waals surface area (Å²) in [4.78, 5) is 38.5. The second kappa shape index (κ2) is 8.08. The van der Waals surface area contributed by atoms with Crippen LogP contribution in [0, 0.1) is 5.92 Å². The third-order valence-electron chi connectivity index (χ3n) is 5.73. The average Bonchev–Trinajstić information content (AvgIpc) is 2.69. The fraction of sp³-hybridized carbons (Fsp3) is 0.550. The summed E-state index contributed by atoms with van der Waals surface area (Å²) in [7, 11) is 3.05. The van der Waals surface area contributed by atoms with E-state index in [2.05, 4.69) is 5.32 Å². The van der Waals surface area contributed by atoms with Gasteiger partial charge in [-0.1, -0.05) is 0 Å². The molecule has 1 aliphatic carbocycles. The van der Waals surface area contributed by atoms with Gasteiger partial charge in [-0.3, -0.25) is 9.59 Å². The van der Waals surface area contributed by atoms with Crippen LogP contribution in [0.1, 0.15) is 42.5 Å². The number of ether oxygens (including phenoxy) is 2. The summed E-state index contributed by atoms with van der Waals surface area (Å²) in [5.74, 6) is -0.533. The summed E-state index contributed by atoms with van der Waals surface area (Å²) in [6.45, 7) is 0.882. The van der Waals surface area contributed by atoms with Crippen LogP contribution < -0.4 is 14.8 Å². The van der Waals surface area contributed by atoms with Crippen molar-refractivity contribution in [2.45, 2.75) is 37.6 Å². The predicted octanol–water partition coefficient (Wildman–Crippen LogP) is 1.68. The van der Waals surface area contributed by atoms with Crippen molar-refractivity contribution in [1.82, 2.24) is 10.2 Å². The minimum absolute atomic E-state index is 0.142. The van der Waals surface area contributed by atoms with Crippen LogP contribution in [0.5, 0.6) is 11.5 Å². The van der Waals surface area contributed by atoms with Gasteiger partial charge in [-0.25, -0.2) is 4.79 Å². The SMILES string of the molecule is COc1cc(OC)cc(C(=O)N2CCC(C(=O)NC3(C(=O)O)CCC3)CC2)c1. The number of nitrogens with one attached hydrogen (secondary N) is 1. The number of methoxy groups -OCH3 is 2. The number of rotatable bonds is 6. The van der Waals surface area contributed by atoms with Crippen LogP contribution in [0.4, 0.5) is 0 Å². The van der Waals surface area contributed by atoms with E-state index in [1.54, 1.807) is 23.1 Å². The second-order valence-corrected chi connectivity index (χ2v) is 7.40. The van der Waals surface area contributed by atoms with Gasteiger partial charge in [0.15, 0.2) is 0 Å². The Morgan fingerprint density at radius 2 is 1.64 bits per heavy atom. The molecular formula is C20H26N2O6. The monoisotopic (exact) mass is 390 g/mol. The van der Waals surface area contributed by atoms with E-state index in [1.807, 2.05) is 0 Å². The Balaban J connectivity index is 1.60. The first kappa shape index (κ1) is 20.0. The predicted molar refractivity (Wildman–Crippen MR) is 101 cm³/mol. The normalized spacial score (nSPS) is 18.7. The fourth-order valence-electron chi connectivity index (χ4n) is 3.72. The summed E-state index contributed by atoms with van der Waals surface area (Å²) >= 11 is 0. The summed E-state index contributed by atoms with van der Waals surface area (Å²) < 4.78 is 10.4. The molecule has 2 N–H and O–H groups in total. The van der Waals surface area contributed by atoms with Crippen LogP contribution in [0.15, 0.2) is 18.2 Å². The quantitative estimate of drug-likeness (QED) is 0.766. The molecule has 2 aliphatic rings. The minimum atomic E-state index is -1.10. The number of amides is 2. The van der Waals surface area contributed by atoms with Gasteiger partial charge in [0.05, 0.1) is 14.2 Å². The van der Waals surface area contributed by atoms with Crippen LogP contribution in [0.25, 0.3) is 0 Å². The van der Waals surface area contributed by atoms with Gasteiger partial charge in [0.25, 0.3) is 5.91 Å². The van der Waals surface area contributed by atoms with E-state index in [9.17, 15) is 19.5 Å². The number of likely N-dealkylation sites (tertiary alicyclic amines) is 1. The Morgan fingerprint density at radius 3 is 2.07 bits per heavy atom. The molecule has 1 aromatic carbocycles. The number of carbonyl (C=O) groups is 3. The van der Waals surface area contributed by atoms with Gasteiger partial charge < -0.3 is 24.8 Å². The maximum atomic E-state index is 12.8. The van der Waals surface area contributed by atoms with Crippen molar-refractivity contribution < 1.29 is 29.0 Å². The van der Waals surface area contributed by atoms with Crippen molar-refractivity contribution >= 4 is 17.8 Å². The van der Waals surface area contributed by atoms with Gasteiger partial charge in [-0.15, -0.1) is 0 Å². The molecule has 8 heteroatoms. The Morgan fingerprint density at radius 1 is 1.07 bits per heavy atom. The van der Waals surface area contributed by atoms with Crippen molar-refractivity contribution in [1.29, 1.82) is 0 Å². The van der Waals surface area contributed by atoms with Crippen molar-refractivity contribution in [3.05, 3.63) is 23.8 Å². The molecule has 152 valence electrons. The standard InChI is InChI=1S/C20H26N2O6/c1-27-15-10-14(11-16(12-15)28-2)18(24)22-8-4-13(5-9-22)17(23)21-20(19(25)26)6-3-7-20/h10-13H,3-9H2,1-2H3,(H,21,23)(H,25,26). The molecule has 2 amide bonds. The molecule has 0 spiro atoms. The van der Waals surface area contributed by atoms with E-state index in [0.29, 0.717) is 55.8 Å². The number of carbonyl (C=O) groups excluding carboxylic acids is 2. The number of carboxylic acid groups (broad SMARTS) is 1. The van der Waals surface area contributed by atoms with Gasteiger partial charge >= 0.3 is 5.97 Å². The summed E-state index contributed by atoms with van der Waals surface area (Å²) in [5.41, 5.74) is -0.625. The molecule has 8 nitrogen and oxygen atoms in total. The first-order valence-corrected chi connectivity index (χ1v) is 9.46. The van der Waals surface area contributed by atoms with Crippen LogP contribution in [-0.2, 0) is 9.59 Å². The lowest BCUT2D eigenvalue weighted by molar-refractivity contribution is -0.152. The van der Waals surface area contributed by atoms with Gasteiger partial charge in [0.2, 0.25) is 5.91 Å². The maximum absolute atomic E-state index is 12.8. The third kappa shape index (κ3) is 3.90. The van der Waals surface area contributed by atoms with Crippen molar-refractivity contribution in [2.24, 2.45) is 5.92 Å². The highest BCUT2D eigenvalue weighted by Gasteiger charge is 2.46.